The second-order valence-electron chi connectivity index (χ2n) is 5.71. The van der Waals surface area contributed by atoms with E-state index < -0.39 is 11.9 Å². The van der Waals surface area contributed by atoms with E-state index in [0.29, 0.717) is 24.5 Å². The fraction of sp³-hybridized carbons (Fsp3) is 0.526. The largest absolute Gasteiger partial charge is 0.464 e. The summed E-state index contributed by atoms with van der Waals surface area (Å²) in [4.78, 5) is 36.4. The summed E-state index contributed by atoms with van der Waals surface area (Å²) in [5, 5.41) is 0. The molecule has 1 rings (SSSR count). The number of anilines is 1. The maximum atomic E-state index is 12.0. The lowest BCUT2D eigenvalue weighted by Crippen LogP contribution is -2.36. The molecule has 0 heterocycles. The Labute approximate surface area is 149 Å². The molecule has 0 aromatic heterocycles. The molecule has 6 heteroatoms. The Bertz CT molecular complexity index is 517. The number of ether oxygens (including phenoxy) is 2. The molecule has 0 spiro atoms. The van der Waals surface area contributed by atoms with Crippen LogP contribution in [-0.2, 0) is 19.1 Å². The SMILES string of the molecule is CCCCOC(=O)CN(CC(=O)OCCCC)c1ccc(C=O)cc1. The zero-order valence-corrected chi connectivity index (χ0v) is 15.0. The van der Waals surface area contributed by atoms with Gasteiger partial charge in [-0.05, 0) is 37.1 Å². The number of unbranched alkanes of at least 4 members (excludes halogenated alkanes) is 2. The van der Waals surface area contributed by atoms with Crippen molar-refractivity contribution in [1.82, 2.24) is 0 Å². The van der Waals surface area contributed by atoms with Crippen LogP contribution in [0.1, 0.15) is 49.9 Å². The minimum absolute atomic E-state index is 0.0486. The van der Waals surface area contributed by atoms with Crippen molar-refractivity contribution >= 4 is 23.9 Å². The third kappa shape index (κ3) is 8.33. The summed E-state index contributed by atoms with van der Waals surface area (Å²) in [6, 6.07) is 6.67. The first-order valence-corrected chi connectivity index (χ1v) is 8.72. The van der Waals surface area contributed by atoms with Crippen molar-refractivity contribution in [1.29, 1.82) is 0 Å². The van der Waals surface area contributed by atoms with Gasteiger partial charge < -0.3 is 14.4 Å². The van der Waals surface area contributed by atoms with Gasteiger partial charge in [0.15, 0.2) is 0 Å². The van der Waals surface area contributed by atoms with E-state index in [4.69, 9.17) is 9.47 Å². The predicted octanol–water partition coefficient (Wildman–Crippen LogP) is 2.99. The van der Waals surface area contributed by atoms with Crippen LogP contribution >= 0.6 is 0 Å². The molecule has 0 N–H and O–H groups in total. The molecule has 0 fully saturated rings. The number of rotatable bonds is 12. The van der Waals surface area contributed by atoms with Crippen molar-refractivity contribution in [2.75, 3.05) is 31.2 Å². The summed E-state index contributed by atoms with van der Waals surface area (Å²) in [6.07, 6.45) is 4.23. The predicted molar refractivity (Wildman–Crippen MR) is 95.8 cm³/mol. The molecule has 138 valence electrons. The van der Waals surface area contributed by atoms with E-state index >= 15 is 0 Å². The number of hydrogen-bond acceptors (Lipinski definition) is 6. The Morgan fingerprint density at radius 3 is 1.80 bits per heavy atom. The standard InChI is InChI=1S/C19H27NO5/c1-3-5-11-24-18(22)13-20(14-19(23)25-12-6-4-2)17-9-7-16(15-21)8-10-17/h7-10,15H,3-6,11-14H2,1-2H3. The van der Waals surface area contributed by atoms with Crippen molar-refractivity contribution in [3.8, 4) is 0 Å². The van der Waals surface area contributed by atoms with Crippen molar-refractivity contribution in [3.63, 3.8) is 0 Å². The van der Waals surface area contributed by atoms with Crippen molar-refractivity contribution in [2.45, 2.75) is 39.5 Å². The average molecular weight is 349 g/mol. The van der Waals surface area contributed by atoms with Gasteiger partial charge in [0, 0.05) is 11.3 Å². The van der Waals surface area contributed by atoms with E-state index in [1.54, 1.807) is 29.2 Å². The smallest absolute Gasteiger partial charge is 0.325 e. The van der Waals surface area contributed by atoms with Crippen LogP contribution in [0.3, 0.4) is 0 Å². The molecule has 0 unspecified atom stereocenters. The summed E-state index contributed by atoms with van der Waals surface area (Å²) in [6.45, 7) is 4.67. The summed E-state index contributed by atoms with van der Waals surface area (Å²) in [7, 11) is 0. The van der Waals surface area contributed by atoms with Gasteiger partial charge in [-0.15, -0.1) is 0 Å². The highest BCUT2D eigenvalue weighted by Gasteiger charge is 2.17. The molecule has 0 bridgehead atoms. The van der Waals surface area contributed by atoms with Crippen LogP contribution in [0, 0.1) is 0 Å². The van der Waals surface area contributed by atoms with Gasteiger partial charge in [0.25, 0.3) is 0 Å². The monoisotopic (exact) mass is 349 g/mol. The minimum atomic E-state index is -0.394. The summed E-state index contributed by atoms with van der Waals surface area (Å²) < 4.78 is 10.3. The number of benzene rings is 1. The lowest BCUT2D eigenvalue weighted by molar-refractivity contribution is -0.143. The molecule has 0 aliphatic carbocycles. The van der Waals surface area contributed by atoms with Crippen molar-refractivity contribution in [3.05, 3.63) is 29.8 Å². The molecule has 0 radical (unpaired) electrons. The van der Waals surface area contributed by atoms with Gasteiger partial charge in [0.05, 0.1) is 13.2 Å². The zero-order chi connectivity index (χ0) is 18.5. The number of aldehydes is 1. The Kier molecular flexibility index (Phi) is 9.97. The van der Waals surface area contributed by atoms with Gasteiger partial charge in [-0.2, -0.15) is 0 Å². The minimum Gasteiger partial charge on any atom is -0.464 e. The first-order chi connectivity index (χ1) is 12.1. The number of carbonyl (C=O) groups excluding carboxylic acids is 3. The highest BCUT2D eigenvalue weighted by molar-refractivity contribution is 5.82. The molecule has 6 nitrogen and oxygen atoms in total. The van der Waals surface area contributed by atoms with Crippen LogP contribution in [0.2, 0.25) is 0 Å². The molecular formula is C19H27NO5. The Balaban J connectivity index is 2.72. The topological polar surface area (TPSA) is 72.9 Å². The van der Waals surface area contributed by atoms with E-state index in [1.807, 2.05) is 13.8 Å². The van der Waals surface area contributed by atoms with Crippen LogP contribution < -0.4 is 4.90 Å². The molecule has 1 aromatic carbocycles. The molecule has 0 aliphatic heterocycles. The first-order valence-electron chi connectivity index (χ1n) is 8.72. The maximum Gasteiger partial charge on any atom is 0.325 e. The molecule has 25 heavy (non-hydrogen) atoms. The van der Waals surface area contributed by atoms with Gasteiger partial charge >= 0.3 is 11.9 Å². The molecule has 1 aromatic rings. The van der Waals surface area contributed by atoms with Gasteiger partial charge in [-0.3, -0.25) is 14.4 Å². The third-order valence-electron chi connectivity index (χ3n) is 3.56. The van der Waals surface area contributed by atoms with E-state index in [2.05, 4.69) is 0 Å². The van der Waals surface area contributed by atoms with Gasteiger partial charge in [-0.25, -0.2) is 0 Å². The number of carbonyl (C=O) groups is 3. The van der Waals surface area contributed by atoms with Crippen molar-refractivity contribution in [2.24, 2.45) is 0 Å². The lowest BCUT2D eigenvalue weighted by atomic mass is 10.2. The fourth-order valence-electron chi connectivity index (χ4n) is 2.07. The van der Waals surface area contributed by atoms with Crippen molar-refractivity contribution < 1.29 is 23.9 Å². The van der Waals surface area contributed by atoms with Crippen LogP contribution in [0.25, 0.3) is 0 Å². The van der Waals surface area contributed by atoms with Crippen LogP contribution in [0.4, 0.5) is 5.69 Å². The molecule has 0 atom stereocenters. The lowest BCUT2D eigenvalue weighted by Gasteiger charge is -2.23. The first kappa shape index (κ1) is 20.7. The van der Waals surface area contributed by atoms with E-state index in [-0.39, 0.29) is 13.1 Å². The molecule has 0 saturated carbocycles. The number of nitrogens with zero attached hydrogens (tertiary/aromatic N) is 1. The van der Waals surface area contributed by atoms with Gasteiger partial charge in [0.1, 0.15) is 19.4 Å². The summed E-state index contributed by atoms with van der Waals surface area (Å²) in [5.74, 6) is -0.788. The molecular weight excluding hydrogens is 322 g/mol. The molecule has 0 amide bonds. The fourth-order valence-corrected chi connectivity index (χ4v) is 2.07. The van der Waals surface area contributed by atoms with Gasteiger partial charge in [-0.1, -0.05) is 26.7 Å². The number of hydrogen-bond donors (Lipinski definition) is 0. The molecule has 0 aliphatic rings. The Morgan fingerprint density at radius 2 is 1.40 bits per heavy atom. The quantitative estimate of drug-likeness (QED) is 0.328. The molecule has 0 saturated heterocycles. The van der Waals surface area contributed by atoms with Crippen LogP contribution in [0.5, 0.6) is 0 Å². The summed E-state index contributed by atoms with van der Waals surface area (Å²) in [5.41, 5.74) is 1.19. The van der Waals surface area contributed by atoms with E-state index in [1.165, 1.54) is 0 Å². The second-order valence-corrected chi connectivity index (χ2v) is 5.71. The van der Waals surface area contributed by atoms with E-state index in [9.17, 15) is 14.4 Å². The average Bonchev–Trinajstić information content (AvgIpc) is 2.61. The van der Waals surface area contributed by atoms with E-state index in [0.717, 1.165) is 32.0 Å². The summed E-state index contributed by atoms with van der Waals surface area (Å²) >= 11 is 0. The maximum absolute atomic E-state index is 12.0. The Hall–Kier alpha value is -2.37. The highest BCUT2D eigenvalue weighted by atomic mass is 16.5. The third-order valence-corrected chi connectivity index (χ3v) is 3.56. The van der Waals surface area contributed by atoms with Gasteiger partial charge in [0.2, 0.25) is 0 Å². The Morgan fingerprint density at radius 1 is 0.920 bits per heavy atom. The highest BCUT2D eigenvalue weighted by Crippen LogP contribution is 2.15. The zero-order valence-electron chi connectivity index (χ0n) is 15.0. The van der Waals surface area contributed by atoms with Crippen LogP contribution in [-0.4, -0.2) is 44.5 Å². The van der Waals surface area contributed by atoms with Crippen LogP contribution in [0.15, 0.2) is 24.3 Å². The number of esters is 2. The second kappa shape index (κ2) is 12.1. The normalized spacial score (nSPS) is 10.2.